The minimum absolute atomic E-state index is 0.00426. The molecule has 1 heterocycles. The Labute approximate surface area is 123 Å². The van der Waals surface area contributed by atoms with Crippen LogP contribution in [0.3, 0.4) is 0 Å². The number of phenols is 4. The largest absolute Gasteiger partial charge is 0.507 e. The van der Waals surface area contributed by atoms with Crippen LogP contribution in [-0.2, 0) is 4.74 Å². The number of carbonyl (C=O) groups excluding carboxylic acids is 1. The second-order valence-corrected chi connectivity index (χ2v) is 4.64. The zero-order valence-electron chi connectivity index (χ0n) is 11.3. The molecule has 4 N–H and O–H groups in total. The van der Waals surface area contributed by atoms with Gasteiger partial charge in [-0.1, -0.05) is 0 Å². The molecule has 0 atom stereocenters. The number of hydrogen-bond acceptors (Lipinski definition) is 6. The van der Waals surface area contributed by atoms with Gasteiger partial charge in [0.15, 0.2) is 0 Å². The van der Waals surface area contributed by atoms with Gasteiger partial charge in [0, 0.05) is 12.1 Å². The van der Waals surface area contributed by atoms with Crippen LogP contribution in [0.1, 0.15) is 10.4 Å². The number of aromatic hydroxyl groups is 4. The van der Waals surface area contributed by atoms with Crippen LogP contribution in [0, 0.1) is 0 Å². The highest BCUT2D eigenvalue weighted by Gasteiger charge is 2.30. The summed E-state index contributed by atoms with van der Waals surface area (Å²) >= 11 is 0. The molecule has 0 aliphatic heterocycles. The van der Waals surface area contributed by atoms with Crippen LogP contribution in [0.5, 0.6) is 23.0 Å². The second-order valence-electron chi connectivity index (χ2n) is 4.64. The predicted octanol–water partition coefficient (Wildman–Crippen LogP) is 2.48. The fraction of sp³-hybridized carbons (Fsp3) is 0.0667. The topological polar surface area (TPSA) is 119 Å². The van der Waals surface area contributed by atoms with Crippen molar-refractivity contribution >= 4 is 27.9 Å². The molecule has 7 nitrogen and oxygen atoms in total. The van der Waals surface area contributed by atoms with E-state index in [2.05, 4.69) is 0 Å². The van der Waals surface area contributed by atoms with Crippen molar-refractivity contribution in [3.05, 3.63) is 29.8 Å². The molecular weight excluding hydrogens is 292 g/mol. The van der Waals surface area contributed by atoms with Crippen molar-refractivity contribution < 1.29 is 34.4 Å². The Hall–Kier alpha value is -3.22. The van der Waals surface area contributed by atoms with Crippen molar-refractivity contribution in [1.82, 2.24) is 0 Å². The predicted molar refractivity (Wildman–Crippen MR) is 76.1 cm³/mol. The van der Waals surface area contributed by atoms with E-state index >= 15 is 0 Å². The van der Waals surface area contributed by atoms with E-state index in [9.17, 15) is 25.2 Å². The van der Waals surface area contributed by atoms with Gasteiger partial charge in [-0.15, -0.1) is 0 Å². The number of esters is 1. The first-order valence-corrected chi connectivity index (χ1v) is 6.18. The molecule has 0 aliphatic rings. The van der Waals surface area contributed by atoms with Crippen molar-refractivity contribution in [2.45, 2.75) is 0 Å². The quantitative estimate of drug-likeness (QED) is 0.310. The molecule has 0 unspecified atom stereocenters. The number of ether oxygens (including phenoxy) is 1. The van der Waals surface area contributed by atoms with Gasteiger partial charge in [0.1, 0.15) is 39.3 Å². The van der Waals surface area contributed by atoms with Crippen molar-refractivity contribution in [1.29, 1.82) is 0 Å². The van der Waals surface area contributed by atoms with Crippen LogP contribution >= 0.6 is 0 Å². The van der Waals surface area contributed by atoms with E-state index in [-0.39, 0.29) is 39.0 Å². The Kier molecular flexibility index (Phi) is 2.91. The molecule has 22 heavy (non-hydrogen) atoms. The highest BCUT2D eigenvalue weighted by molar-refractivity contribution is 6.16. The van der Waals surface area contributed by atoms with E-state index in [4.69, 9.17) is 9.15 Å². The minimum atomic E-state index is -0.812. The summed E-state index contributed by atoms with van der Waals surface area (Å²) in [5, 5.41) is 39.1. The number of rotatable bonds is 1. The van der Waals surface area contributed by atoms with Crippen molar-refractivity contribution in [3.8, 4) is 23.0 Å². The maximum atomic E-state index is 12.1. The molecule has 0 bridgehead atoms. The average Bonchev–Trinajstić information content (AvgIpc) is 2.43. The van der Waals surface area contributed by atoms with Crippen LogP contribution in [0.4, 0.5) is 0 Å². The van der Waals surface area contributed by atoms with Gasteiger partial charge < -0.3 is 25.2 Å². The number of fused-ring (bicyclic) bond motifs is 2. The van der Waals surface area contributed by atoms with Crippen molar-refractivity contribution in [3.63, 3.8) is 0 Å². The number of hydrogen-bond donors (Lipinski definition) is 4. The van der Waals surface area contributed by atoms with E-state index < -0.39 is 17.5 Å². The first-order valence-electron chi connectivity index (χ1n) is 6.18. The van der Waals surface area contributed by atoms with E-state index in [1.807, 2.05) is 0 Å². The molecule has 0 amide bonds. The van der Waals surface area contributed by atoms with Crippen LogP contribution in [0.2, 0.25) is 0 Å². The molecule has 3 aromatic rings. The lowest BCUT2D eigenvalue weighted by molar-refractivity contribution is 0.0604. The molecule has 0 saturated heterocycles. The van der Waals surface area contributed by atoms with Gasteiger partial charge in [0.2, 0.25) is 0 Å². The summed E-state index contributed by atoms with van der Waals surface area (Å²) in [5.74, 6) is -2.17. The first kappa shape index (κ1) is 13.7. The van der Waals surface area contributed by atoms with Gasteiger partial charge in [0.05, 0.1) is 19.2 Å². The van der Waals surface area contributed by atoms with Gasteiger partial charge >= 0.3 is 17.1 Å². The van der Waals surface area contributed by atoms with Crippen LogP contribution in [-0.4, -0.2) is 33.5 Å². The molecule has 1 aromatic heterocycles. The Morgan fingerprint density at radius 1 is 0.909 bits per heavy atom. The molecule has 0 fully saturated rings. The van der Waals surface area contributed by atoms with Crippen LogP contribution < -0.4 is 0 Å². The summed E-state index contributed by atoms with van der Waals surface area (Å²) < 4.78 is 10.2. The zero-order chi connectivity index (χ0) is 16.0. The smallest absolute Gasteiger partial charge is 0.369 e. The lowest BCUT2D eigenvalue weighted by Gasteiger charge is -2.06. The average molecular weight is 303 g/mol. The van der Waals surface area contributed by atoms with Gasteiger partial charge in [-0.05, 0) is 0 Å². The zero-order valence-corrected chi connectivity index (χ0v) is 11.3. The Morgan fingerprint density at radius 3 is 1.77 bits per heavy atom. The lowest BCUT2D eigenvalue weighted by Crippen LogP contribution is -2.04. The summed E-state index contributed by atoms with van der Waals surface area (Å²) in [7, 11) is 1.15. The summed E-state index contributed by atoms with van der Waals surface area (Å²) in [4.78, 5) is 12.1. The van der Waals surface area contributed by atoms with E-state index in [0.717, 1.165) is 19.2 Å². The molecule has 2 aromatic carbocycles. The normalized spacial score (nSPS) is 11.0. The molecule has 112 valence electrons. The third-order valence-electron chi connectivity index (χ3n) is 3.24. The molecular formula is C15H11O7+. The minimum Gasteiger partial charge on any atom is -0.507 e. The standard InChI is InChI=1S/C15H10O7/c1-21-15(20)14-12-8(18)2-6(16)4-10(12)22-11-5-7(17)3-9(19)13(11)14/h2-5H,1H3,(H3-,16,17,18,19)/p+1. The van der Waals surface area contributed by atoms with Crippen molar-refractivity contribution in [2.75, 3.05) is 7.11 Å². The molecule has 0 aliphatic carbocycles. The summed E-state index contributed by atoms with van der Waals surface area (Å²) in [6, 6.07) is 4.46. The third kappa shape index (κ3) is 1.91. The number of carbonyl (C=O) groups is 1. The Balaban J connectivity index is 2.63. The molecule has 0 spiro atoms. The number of phenolic OH excluding ortho intramolecular Hbond substituents is 4. The van der Waals surface area contributed by atoms with E-state index in [1.165, 1.54) is 12.1 Å². The summed E-state index contributed by atoms with van der Waals surface area (Å²) in [6.07, 6.45) is 0. The van der Waals surface area contributed by atoms with Gasteiger partial charge in [-0.25, -0.2) is 9.21 Å². The Bertz CT molecular complexity index is 864. The second kappa shape index (κ2) is 4.66. The van der Waals surface area contributed by atoms with Gasteiger partial charge in [-0.3, -0.25) is 0 Å². The monoisotopic (exact) mass is 303 g/mol. The van der Waals surface area contributed by atoms with E-state index in [1.54, 1.807) is 0 Å². The molecule has 0 radical (unpaired) electrons. The number of methoxy groups -OCH3 is 1. The fourth-order valence-electron chi connectivity index (χ4n) is 2.39. The fourth-order valence-corrected chi connectivity index (χ4v) is 2.39. The Morgan fingerprint density at radius 2 is 1.36 bits per heavy atom. The van der Waals surface area contributed by atoms with Gasteiger partial charge in [0.25, 0.3) is 0 Å². The first-order chi connectivity index (χ1) is 10.4. The molecule has 7 heteroatoms. The SMILES string of the molecule is COC(=O)c1c2c(O)cc(O)cc2[o+]c2cc(O)cc(O)c12. The third-order valence-corrected chi connectivity index (χ3v) is 3.24. The highest BCUT2D eigenvalue weighted by Crippen LogP contribution is 2.41. The summed E-state index contributed by atoms with van der Waals surface area (Å²) in [6.45, 7) is 0. The van der Waals surface area contributed by atoms with Crippen LogP contribution in [0.15, 0.2) is 28.7 Å². The van der Waals surface area contributed by atoms with Crippen molar-refractivity contribution in [2.24, 2.45) is 0 Å². The highest BCUT2D eigenvalue weighted by atomic mass is 16.5. The maximum Gasteiger partial charge on any atom is 0.369 e. The van der Waals surface area contributed by atoms with Crippen LogP contribution in [0.25, 0.3) is 21.9 Å². The molecule has 0 saturated carbocycles. The number of benzene rings is 2. The van der Waals surface area contributed by atoms with E-state index in [0.29, 0.717) is 0 Å². The lowest BCUT2D eigenvalue weighted by atomic mass is 10.0. The van der Waals surface area contributed by atoms with Gasteiger partial charge in [-0.2, -0.15) is 0 Å². The summed E-state index contributed by atoms with van der Waals surface area (Å²) in [5.41, 5.74) is -0.139. The molecule has 3 rings (SSSR count). The maximum absolute atomic E-state index is 12.1.